The molecule has 1 amide bonds. The maximum absolute atomic E-state index is 12.4. The molecule has 5 nitrogen and oxygen atoms in total. The predicted octanol–water partition coefficient (Wildman–Crippen LogP) is 4.08. The molecule has 0 saturated carbocycles. The van der Waals surface area contributed by atoms with Crippen LogP contribution in [0.2, 0.25) is 0 Å². The van der Waals surface area contributed by atoms with E-state index in [9.17, 15) is 4.79 Å². The minimum atomic E-state index is -0.176. The van der Waals surface area contributed by atoms with E-state index < -0.39 is 0 Å². The third kappa shape index (κ3) is 3.44. The van der Waals surface area contributed by atoms with E-state index in [1.54, 1.807) is 7.11 Å². The highest BCUT2D eigenvalue weighted by atomic mass is 32.1. The number of aromatic nitrogens is 2. The number of anilines is 1. The van der Waals surface area contributed by atoms with Crippen molar-refractivity contribution in [1.29, 1.82) is 0 Å². The summed E-state index contributed by atoms with van der Waals surface area (Å²) in [6.07, 6.45) is 0. The van der Waals surface area contributed by atoms with Gasteiger partial charge in [-0.05, 0) is 37.6 Å². The molecular weight excluding hydrogens is 322 g/mol. The zero-order valence-corrected chi connectivity index (χ0v) is 14.5. The highest BCUT2D eigenvalue weighted by Gasteiger charge is 2.13. The van der Waals surface area contributed by atoms with Crippen LogP contribution in [0.15, 0.2) is 42.5 Å². The molecule has 1 N–H and O–H groups in total. The quantitative estimate of drug-likeness (QED) is 0.778. The smallest absolute Gasteiger partial charge is 0.257 e. The summed E-state index contributed by atoms with van der Waals surface area (Å²) < 4.78 is 9.52. The number of nitrogens with one attached hydrogen (secondary N) is 1. The number of aryl methyl sites for hydroxylation is 2. The molecule has 0 unspecified atom stereocenters. The van der Waals surface area contributed by atoms with Gasteiger partial charge in [0, 0.05) is 22.7 Å². The molecule has 0 atom stereocenters. The topological polar surface area (TPSA) is 64.1 Å². The van der Waals surface area contributed by atoms with Crippen LogP contribution in [-0.4, -0.2) is 22.4 Å². The van der Waals surface area contributed by atoms with Gasteiger partial charge in [0.25, 0.3) is 5.91 Å². The van der Waals surface area contributed by atoms with E-state index in [2.05, 4.69) is 14.7 Å². The van der Waals surface area contributed by atoms with Gasteiger partial charge in [-0.3, -0.25) is 10.1 Å². The van der Waals surface area contributed by atoms with E-state index in [0.29, 0.717) is 16.5 Å². The second-order valence-corrected chi connectivity index (χ2v) is 6.18. The van der Waals surface area contributed by atoms with Crippen molar-refractivity contribution in [2.75, 3.05) is 12.4 Å². The Bertz CT molecular complexity index is 889. The van der Waals surface area contributed by atoms with Gasteiger partial charge in [-0.15, -0.1) is 0 Å². The largest absolute Gasteiger partial charge is 0.497 e. The summed E-state index contributed by atoms with van der Waals surface area (Å²) in [6, 6.07) is 13.3. The van der Waals surface area contributed by atoms with Crippen LogP contribution in [0.4, 0.5) is 5.13 Å². The number of amides is 1. The van der Waals surface area contributed by atoms with E-state index in [1.807, 2.05) is 56.3 Å². The van der Waals surface area contributed by atoms with E-state index in [-0.39, 0.29) is 5.91 Å². The van der Waals surface area contributed by atoms with Gasteiger partial charge in [0.1, 0.15) is 5.75 Å². The number of carbonyl (C=O) groups excluding carboxylic acids is 1. The van der Waals surface area contributed by atoms with Gasteiger partial charge in [-0.25, -0.2) is 0 Å². The van der Waals surface area contributed by atoms with Gasteiger partial charge in [-0.2, -0.15) is 9.36 Å². The van der Waals surface area contributed by atoms with Gasteiger partial charge in [-0.1, -0.05) is 29.8 Å². The number of hydrogen-bond acceptors (Lipinski definition) is 5. The van der Waals surface area contributed by atoms with Crippen molar-refractivity contribution in [3.8, 4) is 17.1 Å². The lowest BCUT2D eigenvalue weighted by molar-refractivity contribution is 0.102. The van der Waals surface area contributed by atoms with E-state index in [1.165, 1.54) is 0 Å². The molecule has 0 saturated heterocycles. The van der Waals surface area contributed by atoms with Crippen molar-refractivity contribution < 1.29 is 9.53 Å². The molecule has 0 bridgehead atoms. The highest BCUT2D eigenvalue weighted by Crippen LogP contribution is 2.25. The van der Waals surface area contributed by atoms with Crippen molar-refractivity contribution in [3.05, 3.63) is 59.2 Å². The van der Waals surface area contributed by atoms with Crippen LogP contribution in [0.25, 0.3) is 11.4 Å². The lowest BCUT2D eigenvalue weighted by Gasteiger charge is -2.06. The molecule has 0 aliphatic heterocycles. The number of benzene rings is 2. The molecule has 3 rings (SSSR count). The normalized spacial score (nSPS) is 10.5. The Morgan fingerprint density at radius 1 is 1.17 bits per heavy atom. The first-order valence-electron chi connectivity index (χ1n) is 7.43. The summed E-state index contributed by atoms with van der Waals surface area (Å²) in [7, 11) is 1.61. The van der Waals surface area contributed by atoms with Crippen LogP contribution >= 0.6 is 11.5 Å². The SMILES string of the molecule is COc1cccc(-c2nsc(NC(=O)c3cc(C)ccc3C)n2)c1. The third-order valence-corrected chi connectivity index (χ3v) is 4.24. The molecule has 0 fully saturated rings. The highest BCUT2D eigenvalue weighted by molar-refractivity contribution is 7.10. The Hall–Kier alpha value is -2.73. The number of hydrogen-bond donors (Lipinski definition) is 1. The zero-order chi connectivity index (χ0) is 17.1. The average molecular weight is 339 g/mol. The van der Waals surface area contributed by atoms with Crippen molar-refractivity contribution in [2.45, 2.75) is 13.8 Å². The van der Waals surface area contributed by atoms with Crippen LogP contribution in [0, 0.1) is 13.8 Å². The number of nitrogens with zero attached hydrogens (tertiary/aromatic N) is 2. The van der Waals surface area contributed by atoms with E-state index in [0.717, 1.165) is 34.0 Å². The second kappa shape index (κ2) is 6.80. The van der Waals surface area contributed by atoms with Crippen molar-refractivity contribution in [3.63, 3.8) is 0 Å². The Balaban J connectivity index is 1.81. The average Bonchev–Trinajstić information content (AvgIpc) is 3.05. The number of rotatable bonds is 4. The van der Waals surface area contributed by atoms with Gasteiger partial charge >= 0.3 is 0 Å². The second-order valence-electron chi connectivity index (χ2n) is 5.43. The van der Waals surface area contributed by atoms with Gasteiger partial charge in [0.2, 0.25) is 5.13 Å². The fourth-order valence-corrected chi connectivity index (χ4v) is 2.88. The summed E-state index contributed by atoms with van der Waals surface area (Å²) >= 11 is 1.16. The van der Waals surface area contributed by atoms with E-state index >= 15 is 0 Å². The van der Waals surface area contributed by atoms with Gasteiger partial charge < -0.3 is 4.74 Å². The number of methoxy groups -OCH3 is 1. The molecule has 0 radical (unpaired) electrons. The minimum Gasteiger partial charge on any atom is -0.497 e. The Kier molecular flexibility index (Phi) is 4.57. The predicted molar refractivity (Wildman–Crippen MR) is 95.8 cm³/mol. The monoisotopic (exact) mass is 339 g/mol. The Morgan fingerprint density at radius 2 is 2.00 bits per heavy atom. The Morgan fingerprint density at radius 3 is 2.79 bits per heavy atom. The minimum absolute atomic E-state index is 0.176. The molecule has 0 aliphatic rings. The van der Waals surface area contributed by atoms with Crippen LogP contribution in [0.3, 0.4) is 0 Å². The third-order valence-electron chi connectivity index (χ3n) is 3.61. The lowest BCUT2D eigenvalue weighted by Crippen LogP contribution is -2.13. The molecular formula is C18H17N3O2S. The first-order valence-corrected chi connectivity index (χ1v) is 8.21. The maximum atomic E-state index is 12.4. The van der Waals surface area contributed by atoms with Crippen LogP contribution in [0.5, 0.6) is 5.75 Å². The molecule has 0 spiro atoms. The lowest BCUT2D eigenvalue weighted by atomic mass is 10.1. The molecule has 0 aliphatic carbocycles. The van der Waals surface area contributed by atoms with Crippen molar-refractivity contribution >= 4 is 22.6 Å². The molecule has 3 aromatic rings. The summed E-state index contributed by atoms with van der Waals surface area (Å²) in [6.45, 7) is 3.87. The summed E-state index contributed by atoms with van der Waals surface area (Å²) in [5, 5.41) is 3.29. The maximum Gasteiger partial charge on any atom is 0.257 e. The molecule has 6 heteroatoms. The van der Waals surface area contributed by atoms with Gasteiger partial charge in [0.05, 0.1) is 7.11 Å². The molecule has 1 heterocycles. The molecule has 122 valence electrons. The van der Waals surface area contributed by atoms with Crippen LogP contribution in [-0.2, 0) is 0 Å². The molecule has 1 aromatic heterocycles. The summed E-state index contributed by atoms with van der Waals surface area (Å²) in [5.74, 6) is 1.13. The first-order chi connectivity index (χ1) is 11.6. The zero-order valence-electron chi connectivity index (χ0n) is 13.7. The fraction of sp³-hybridized carbons (Fsp3) is 0.167. The number of ether oxygens (including phenoxy) is 1. The first kappa shape index (κ1) is 16.1. The standard InChI is InChI=1S/C18H17N3O2S/c1-11-7-8-12(2)15(9-11)17(22)20-18-19-16(21-24-18)13-5-4-6-14(10-13)23-3/h4-10H,1-3H3,(H,19,20,21,22). The van der Waals surface area contributed by atoms with Gasteiger partial charge in [0.15, 0.2) is 5.82 Å². The van der Waals surface area contributed by atoms with Crippen molar-refractivity contribution in [2.24, 2.45) is 0 Å². The Labute approximate surface area is 144 Å². The summed E-state index contributed by atoms with van der Waals surface area (Å²) in [5.41, 5.74) is 3.46. The van der Waals surface area contributed by atoms with Crippen molar-refractivity contribution in [1.82, 2.24) is 9.36 Å². The number of carbonyl (C=O) groups is 1. The molecule has 24 heavy (non-hydrogen) atoms. The van der Waals surface area contributed by atoms with E-state index in [4.69, 9.17) is 4.74 Å². The van der Waals surface area contributed by atoms with Crippen LogP contribution in [0.1, 0.15) is 21.5 Å². The molecule has 2 aromatic carbocycles. The van der Waals surface area contributed by atoms with Crippen LogP contribution < -0.4 is 10.1 Å². The summed E-state index contributed by atoms with van der Waals surface area (Å²) in [4.78, 5) is 16.8. The fourth-order valence-electron chi connectivity index (χ4n) is 2.30.